The fourth-order valence-electron chi connectivity index (χ4n) is 3.15. The van der Waals surface area contributed by atoms with E-state index in [2.05, 4.69) is 30.1 Å². The lowest BCUT2D eigenvalue weighted by molar-refractivity contribution is 0.937. The predicted octanol–water partition coefficient (Wildman–Crippen LogP) is 3.85. The molecule has 0 aliphatic carbocycles. The number of rotatable bonds is 0. The Labute approximate surface area is 145 Å². The van der Waals surface area contributed by atoms with Crippen molar-refractivity contribution in [2.75, 3.05) is 0 Å². The van der Waals surface area contributed by atoms with Gasteiger partial charge < -0.3 is 0 Å². The van der Waals surface area contributed by atoms with Gasteiger partial charge in [-0.1, -0.05) is 35.6 Å². The lowest BCUT2D eigenvalue weighted by Gasteiger charge is -1.99. The van der Waals surface area contributed by atoms with Crippen LogP contribution in [0.2, 0.25) is 0 Å². The van der Waals surface area contributed by atoms with Crippen molar-refractivity contribution in [3.05, 3.63) is 48.0 Å². The average Bonchev–Trinajstić information content (AvgIpc) is 3.13. The maximum atomic E-state index is 4.79. The summed E-state index contributed by atoms with van der Waals surface area (Å²) < 4.78 is 1.78. The van der Waals surface area contributed by atoms with Crippen LogP contribution in [-0.2, 0) is 0 Å². The molecular weight excluding hydrogens is 332 g/mol. The predicted molar refractivity (Wildman–Crippen MR) is 98.1 cm³/mol. The summed E-state index contributed by atoms with van der Waals surface area (Å²) in [5.74, 6) is 0.664. The van der Waals surface area contributed by atoms with Crippen LogP contribution in [0.3, 0.4) is 0 Å². The third-order valence-corrected chi connectivity index (χ3v) is 5.25. The molecule has 118 valence electrons. The second kappa shape index (κ2) is 4.46. The van der Waals surface area contributed by atoms with Crippen LogP contribution in [0.1, 0.15) is 5.56 Å². The standard InChI is InChI=1S/C18H10N6S/c1-9-6-7-10-13(8-9)19-15-14(10)23-24-16-17(25-18(24)22-15)21-12-5-3-2-4-11(12)20-16/h2-8H,1H3. The Bertz CT molecular complexity index is 1410. The molecule has 6 nitrogen and oxygen atoms in total. The lowest BCUT2D eigenvalue weighted by Crippen LogP contribution is -1.99. The molecule has 2 aliphatic rings. The van der Waals surface area contributed by atoms with Gasteiger partial charge in [-0.3, -0.25) is 0 Å². The maximum Gasteiger partial charge on any atom is 0.216 e. The molecule has 0 saturated carbocycles. The van der Waals surface area contributed by atoms with Crippen LogP contribution in [-0.4, -0.2) is 29.5 Å². The number of nitrogens with zero attached hydrogens (tertiary/aromatic N) is 6. The van der Waals surface area contributed by atoms with Gasteiger partial charge in [0.2, 0.25) is 4.96 Å². The molecule has 2 aliphatic heterocycles. The summed E-state index contributed by atoms with van der Waals surface area (Å²) in [6.07, 6.45) is 0. The van der Waals surface area contributed by atoms with Gasteiger partial charge >= 0.3 is 0 Å². The van der Waals surface area contributed by atoms with Crippen LogP contribution in [0.5, 0.6) is 0 Å². The summed E-state index contributed by atoms with van der Waals surface area (Å²) in [7, 11) is 0. The molecule has 0 radical (unpaired) electrons. The Morgan fingerprint density at radius 2 is 1.72 bits per heavy atom. The molecule has 0 unspecified atom stereocenters. The summed E-state index contributed by atoms with van der Waals surface area (Å²) in [4.78, 5) is 20.3. The van der Waals surface area contributed by atoms with Crippen molar-refractivity contribution in [2.45, 2.75) is 6.92 Å². The minimum atomic E-state index is 0.664. The smallest absolute Gasteiger partial charge is 0.216 e. The van der Waals surface area contributed by atoms with Crippen LogP contribution in [0.4, 0.5) is 0 Å². The highest BCUT2D eigenvalue weighted by Crippen LogP contribution is 2.31. The minimum absolute atomic E-state index is 0.664. The zero-order chi connectivity index (χ0) is 16.5. The van der Waals surface area contributed by atoms with Crippen LogP contribution in [0.25, 0.3) is 48.9 Å². The summed E-state index contributed by atoms with van der Waals surface area (Å²) in [5, 5.41) is 5.80. The molecule has 4 aromatic rings. The van der Waals surface area contributed by atoms with Crippen molar-refractivity contribution in [2.24, 2.45) is 0 Å². The van der Waals surface area contributed by atoms with Gasteiger partial charge in [-0.15, -0.1) is 0 Å². The van der Waals surface area contributed by atoms with Gasteiger partial charge in [0.15, 0.2) is 16.3 Å². The normalized spacial score (nSPS) is 12.2. The highest BCUT2D eigenvalue weighted by molar-refractivity contribution is 7.23. The first-order valence-corrected chi connectivity index (χ1v) is 8.70. The number of hydrogen-bond donors (Lipinski definition) is 0. The first-order chi connectivity index (χ1) is 12.3. The molecular formula is C18H10N6S. The maximum absolute atomic E-state index is 4.79. The molecule has 2 aromatic carbocycles. The molecule has 2 aromatic heterocycles. The van der Waals surface area contributed by atoms with Gasteiger partial charge in [-0.25, -0.2) is 15.0 Å². The Morgan fingerprint density at radius 3 is 2.60 bits per heavy atom. The summed E-state index contributed by atoms with van der Waals surface area (Å²) in [5.41, 5.74) is 5.35. The quantitative estimate of drug-likeness (QED) is 0.419. The highest BCUT2D eigenvalue weighted by atomic mass is 32.1. The fourth-order valence-corrected chi connectivity index (χ4v) is 4.04. The Balaban J connectivity index is 1.78. The fraction of sp³-hybridized carbons (Fsp3) is 0.0556. The number of fused-ring (bicyclic) bond motifs is 7. The third kappa shape index (κ3) is 1.75. The van der Waals surface area contributed by atoms with E-state index >= 15 is 0 Å². The van der Waals surface area contributed by atoms with Crippen molar-refractivity contribution < 1.29 is 0 Å². The van der Waals surface area contributed by atoms with Gasteiger partial charge in [0.1, 0.15) is 5.69 Å². The summed E-state index contributed by atoms with van der Waals surface area (Å²) >= 11 is 1.48. The average molecular weight is 342 g/mol. The molecule has 0 spiro atoms. The van der Waals surface area contributed by atoms with Gasteiger partial charge in [-0.05, 0) is 30.7 Å². The lowest BCUT2D eigenvalue weighted by atomic mass is 10.1. The van der Waals surface area contributed by atoms with Gasteiger partial charge in [0, 0.05) is 5.39 Å². The van der Waals surface area contributed by atoms with E-state index in [1.807, 2.05) is 24.3 Å². The third-order valence-electron chi connectivity index (χ3n) is 4.34. The van der Waals surface area contributed by atoms with Crippen molar-refractivity contribution >= 4 is 48.7 Å². The number of aryl methyl sites for hydroxylation is 1. The van der Waals surface area contributed by atoms with E-state index < -0.39 is 0 Å². The van der Waals surface area contributed by atoms with Crippen molar-refractivity contribution in [3.63, 3.8) is 0 Å². The molecule has 0 fully saturated rings. The number of thiazole rings is 1. The Morgan fingerprint density at radius 1 is 0.880 bits per heavy atom. The molecule has 0 saturated heterocycles. The topological polar surface area (TPSA) is 68.9 Å². The monoisotopic (exact) mass is 342 g/mol. The van der Waals surface area contributed by atoms with E-state index in [1.54, 1.807) is 4.52 Å². The van der Waals surface area contributed by atoms with Gasteiger partial charge in [0.05, 0.1) is 16.6 Å². The second-order valence-electron chi connectivity index (χ2n) is 6.05. The van der Waals surface area contributed by atoms with E-state index in [4.69, 9.17) is 20.1 Å². The Kier molecular flexibility index (Phi) is 2.34. The van der Waals surface area contributed by atoms with E-state index in [-0.39, 0.29) is 0 Å². The summed E-state index contributed by atoms with van der Waals surface area (Å²) in [6.45, 7) is 2.06. The number of hydrogen-bond acceptors (Lipinski definition) is 6. The van der Waals surface area contributed by atoms with Crippen LogP contribution < -0.4 is 0 Å². The van der Waals surface area contributed by atoms with Crippen molar-refractivity contribution in [3.8, 4) is 11.5 Å². The van der Waals surface area contributed by atoms with Gasteiger partial charge in [0.25, 0.3) is 0 Å². The van der Waals surface area contributed by atoms with E-state index in [0.717, 1.165) is 43.1 Å². The molecule has 7 heteroatoms. The minimum Gasteiger partial charge on any atom is -0.232 e. The molecule has 0 bridgehead atoms. The number of benzene rings is 2. The van der Waals surface area contributed by atoms with Crippen LogP contribution >= 0.6 is 11.3 Å². The molecule has 6 rings (SSSR count). The second-order valence-corrected chi connectivity index (χ2v) is 7.01. The van der Waals surface area contributed by atoms with Crippen molar-refractivity contribution in [1.29, 1.82) is 0 Å². The van der Waals surface area contributed by atoms with E-state index in [9.17, 15) is 0 Å². The largest absolute Gasteiger partial charge is 0.232 e. The molecule has 0 amide bonds. The molecule has 25 heavy (non-hydrogen) atoms. The zero-order valence-electron chi connectivity index (χ0n) is 13.1. The number of aromatic nitrogens is 6. The highest BCUT2D eigenvalue weighted by Gasteiger charge is 2.19. The van der Waals surface area contributed by atoms with Crippen LogP contribution in [0, 0.1) is 6.92 Å². The van der Waals surface area contributed by atoms with E-state index in [0.29, 0.717) is 5.82 Å². The summed E-state index contributed by atoms with van der Waals surface area (Å²) in [6, 6.07) is 14.0. The Hall–Kier alpha value is -3.19. The first kappa shape index (κ1) is 13.1. The SMILES string of the molecule is Cc1ccc2c3nn4c(nc-3nc2c1)sc1nc2ccccc2nc14. The zero-order valence-corrected chi connectivity index (χ0v) is 13.9. The molecule has 4 heterocycles. The van der Waals surface area contributed by atoms with Gasteiger partial charge in [-0.2, -0.15) is 14.6 Å². The number of para-hydroxylation sites is 2. The first-order valence-electron chi connectivity index (χ1n) is 7.88. The van der Waals surface area contributed by atoms with E-state index in [1.165, 1.54) is 16.9 Å². The van der Waals surface area contributed by atoms with Crippen molar-refractivity contribution in [1.82, 2.24) is 29.5 Å². The van der Waals surface area contributed by atoms with Crippen LogP contribution in [0.15, 0.2) is 42.5 Å². The molecule has 0 atom stereocenters. The molecule has 0 N–H and O–H groups in total.